The Morgan fingerprint density at radius 1 is 1.25 bits per heavy atom. The summed E-state index contributed by atoms with van der Waals surface area (Å²) in [5.41, 5.74) is 7.27. The van der Waals surface area contributed by atoms with Crippen molar-refractivity contribution in [2.75, 3.05) is 5.32 Å². The number of carbonyl (C=O) groups is 1. The van der Waals surface area contributed by atoms with Crippen molar-refractivity contribution in [2.45, 2.75) is 44.3 Å². The van der Waals surface area contributed by atoms with Crippen LogP contribution in [0.2, 0.25) is 0 Å². The number of hydrogen-bond donors (Lipinski definition) is 3. The number of amides is 1. The van der Waals surface area contributed by atoms with Gasteiger partial charge in [0.2, 0.25) is 11.9 Å². The van der Waals surface area contributed by atoms with Gasteiger partial charge >= 0.3 is 0 Å². The van der Waals surface area contributed by atoms with Gasteiger partial charge in [0.25, 0.3) is 0 Å². The van der Waals surface area contributed by atoms with Gasteiger partial charge in [-0.05, 0) is 25.0 Å². The second-order valence-corrected chi connectivity index (χ2v) is 6.40. The number of nitrogens with zero attached hydrogens (tertiary/aromatic N) is 4. The summed E-state index contributed by atoms with van der Waals surface area (Å²) in [7, 11) is 0. The number of carbonyl (C=O) groups excluding carboxylic acids is 1. The van der Waals surface area contributed by atoms with Crippen LogP contribution >= 0.6 is 0 Å². The maximum Gasteiger partial charge on any atom is 0.248 e. The molecule has 3 unspecified atom stereocenters. The molecule has 2 fully saturated rings. The van der Waals surface area contributed by atoms with E-state index in [4.69, 9.17) is 0 Å². The minimum absolute atomic E-state index is 0.0764. The van der Waals surface area contributed by atoms with Crippen LogP contribution < -0.4 is 16.2 Å². The summed E-state index contributed by atoms with van der Waals surface area (Å²) in [5, 5.41) is 7.12. The van der Waals surface area contributed by atoms with E-state index in [2.05, 4.69) is 31.2 Å². The molecule has 2 aromatic heterocycles. The number of rotatable bonds is 4. The summed E-state index contributed by atoms with van der Waals surface area (Å²) >= 11 is 0. The molecule has 8 nitrogen and oxygen atoms in total. The molecule has 1 aliphatic heterocycles. The Hall–Kier alpha value is -2.32. The third-order valence-corrected chi connectivity index (χ3v) is 4.78. The highest BCUT2D eigenvalue weighted by molar-refractivity contribution is 5.93. The lowest BCUT2D eigenvalue weighted by Gasteiger charge is -2.26. The van der Waals surface area contributed by atoms with Gasteiger partial charge in [-0.25, -0.2) is 15.1 Å². The van der Waals surface area contributed by atoms with Crippen molar-refractivity contribution < 1.29 is 4.79 Å². The van der Waals surface area contributed by atoms with Crippen LogP contribution in [0.4, 0.5) is 5.95 Å². The van der Waals surface area contributed by atoms with Gasteiger partial charge < -0.3 is 0 Å². The molecular formula is C16H21N7O. The third kappa shape index (κ3) is 3.15. The molecule has 2 aromatic rings. The van der Waals surface area contributed by atoms with Crippen LogP contribution in [0.5, 0.6) is 0 Å². The molecule has 2 aliphatic rings. The molecule has 1 saturated carbocycles. The number of hydrazine groups is 1. The smallest absolute Gasteiger partial charge is 0.248 e. The molecule has 126 valence electrons. The highest BCUT2D eigenvalue weighted by Crippen LogP contribution is 2.30. The number of fused-ring (bicyclic) bond motifs is 1. The first kappa shape index (κ1) is 15.2. The summed E-state index contributed by atoms with van der Waals surface area (Å²) in [6, 6.07) is 5.90. The van der Waals surface area contributed by atoms with Crippen LogP contribution in [0, 0.1) is 5.92 Å². The molecule has 3 N–H and O–H groups in total. The quantitative estimate of drug-likeness (QED) is 0.765. The van der Waals surface area contributed by atoms with Crippen LogP contribution in [-0.2, 0) is 11.3 Å². The normalized spacial score (nSPS) is 26.1. The first-order chi connectivity index (χ1) is 11.8. The minimum Gasteiger partial charge on any atom is -0.292 e. The highest BCUT2D eigenvalue weighted by atomic mass is 16.2. The van der Waals surface area contributed by atoms with Crippen molar-refractivity contribution in [3.8, 4) is 0 Å². The van der Waals surface area contributed by atoms with Gasteiger partial charge in [-0.1, -0.05) is 18.9 Å². The largest absolute Gasteiger partial charge is 0.292 e. The van der Waals surface area contributed by atoms with Crippen LogP contribution in [0.25, 0.3) is 0 Å². The Morgan fingerprint density at radius 3 is 3.04 bits per heavy atom. The molecule has 0 spiro atoms. The first-order valence-electron chi connectivity index (χ1n) is 8.41. The standard InChI is InChI=1S/C16H21N7O/c24-15(14-12-6-1-2-7-13(12)20-21-14)19-16-18-10-23(22-16)9-11-5-3-4-8-17-11/h3-5,8,10,12-14,20-21H,1-2,6-7,9H2,(H,19,22,24). The molecule has 0 aromatic carbocycles. The average Bonchev–Trinajstić information content (AvgIpc) is 3.22. The molecular weight excluding hydrogens is 306 g/mol. The van der Waals surface area contributed by atoms with Crippen molar-refractivity contribution in [1.82, 2.24) is 30.6 Å². The lowest BCUT2D eigenvalue weighted by atomic mass is 9.81. The molecule has 1 aliphatic carbocycles. The van der Waals surface area contributed by atoms with E-state index in [1.165, 1.54) is 12.8 Å². The molecule has 1 saturated heterocycles. The number of hydrogen-bond acceptors (Lipinski definition) is 6. The highest BCUT2D eigenvalue weighted by Gasteiger charge is 2.41. The first-order valence-corrected chi connectivity index (χ1v) is 8.41. The Bertz CT molecular complexity index is 701. The van der Waals surface area contributed by atoms with Gasteiger partial charge in [0.15, 0.2) is 0 Å². The molecule has 1 amide bonds. The van der Waals surface area contributed by atoms with Gasteiger partial charge in [-0.15, -0.1) is 5.10 Å². The fraction of sp³-hybridized carbons (Fsp3) is 0.500. The Kier molecular flexibility index (Phi) is 4.22. The molecule has 0 bridgehead atoms. The predicted molar refractivity (Wildman–Crippen MR) is 87.8 cm³/mol. The summed E-state index contributed by atoms with van der Waals surface area (Å²) in [6.07, 6.45) is 7.96. The van der Waals surface area contributed by atoms with Crippen LogP contribution in [0.1, 0.15) is 31.4 Å². The molecule has 24 heavy (non-hydrogen) atoms. The molecule has 8 heteroatoms. The second kappa shape index (κ2) is 6.66. The van der Waals surface area contributed by atoms with Crippen molar-refractivity contribution in [3.63, 3.8) is 0 Å². The zero-order chi connectivity index (χ0) is 16.4. The van der Waals surface area contributed by atoms with Crippen molar-refractivity contribution in [2.24, 2.45) is 5.92 Å². The Morgan fingerprint density at radius 2 is 2.17 bits per heavy atom. The van der Waals surface area contributed by atoms with Crippen LogP contribution in [-0.4, -0.2) is 37.7 Å². The topological polar surface area (TPSA) is 96.8 Å². The predicted octanol–water partition coefficient (Wildman–Crippen LogP) is 0.695. The van der Waals surface area contributed by atoms with E-state index in [0.29, 0.717) is 24.5 Å². The lowest BCUT2D eigenvalue weighted by molar-refractivity contribution is -0.119. The van der Waals surface area contributed by atoms with E-state index in [-0.39, 0.29) is 11.9 Å². The maximum atomic E-state index is 12.5. The number of pyridine rings is 1. The van der Waals surface area contributed by atoms with Crippen molar-refractivity contribution in [3.05, 3.63) is 36.4 Å². The summed E-state index contributed by atoms with van der Waals surface area (Å²) in [4.78, 5) is 21.0. The number of nitrogens with one attached hydrogen (secondary N) is 3. The summed E-state index contributed by atoms with van der Waals surface area (Å²) in [6.45, 7) is 0.525. The monoisotopic (exact) mass is 327 g/mol. The molecule has 3 atom stereocenters. The number of anilines is 1. The van der Waals surface area contributed by atoms with Gasteiger partial charge in [0.05, 0.1) is 12.2 Å². The summed E-state index contributed by atoms with van der Waals surface area (Å²) < 4.78 is 1.67. The van der Waals surface area contributed by atoms with Gasteiger partial charge in [0, 0.05) is 18.2 Å². The van der Waals surface area contributed by atoms with Gasteiger partial charge in [0.1, 0.15) is 12.4 Å². The van der Waals surface area contributed by atoms with Crippen LogP contribution in [0.3, 0.4) is 0 Å². The van der Waals surface area contributed by atoms with E-state index in [1.807, 2.05) is 18.2 Å². The average molecular weight is 327 g/mol. The molecule has 0 radical (unpaired) electrons. The van der Waals surface area contributed by atoms with E-state index in [1.54, 1.807) is 17.2 Å². The molecule has 4 rings (SSSR count). The van der Waals surface area contributed by atoms with Crippen molar-refractivity contribution >= 4 is 11.9 Å². The maximum absolute atomic E-state index is 12.5. The molecule has 3 heterocycles. The van der Waals surface area contributed by atoms with Crippen LogP contribution in [0.15, 0.2) is 30.7 Å². The number of aromatic nitrogens is 4. The third-order valence-electron chi connectivity index (χ3n) is 4.78. The van der Waals surface area contributed by atoms with E-state index in [0.717, 1.165) is 18.5 Å². The lowest BCUT2D eigenvalue weighted by Crippen LogP contribution is -2.42. The van der Waals surface area contributed by atoms with Crippen molar-refractivity contribution in [1.29, 1.82) is 0 Å². The minimum atomic E-state index is -0.224. The second-order valence-electron chi connectivity index (χ2n) is 6.40. The summed E-state index contributed by atoms with van der Waals surface area (Å²) in [5.74, 6) is 0.596. The zero-order valence-electron chi connectivity index (χ0n) is 13.4. The fourth-order valence-electron chi connectivity index (χ4n) is 3.58. The SMILES string of the molecule is O=C(Nc1ncn(Cc2ccccn2)n1)C1NNC2CCCCC21. The van der Waals surface area contributed by atoms with E-state index in [9.17, 15) is 4.79 Å². The zero-order valence-corrected chi connectivity index (χ0v) is 13.4. The van der Waals surface area contributed by atoms with E-state index >= 15 is 0 Å². The van der Waals surface area contributed by atoms with Gasteiger partial charge in [-0.2, -0.15) is 0 Å². The van der Waals surface area contributed by atoms with Gasteiger partial charge in [-0.3, -0.25) is 20.5 Å². The Labute approximate surface area is 140 Å². The Balaban J connectivity index is 1.38. The van der Waals surface area contributed by atoms with E-state index < -0.39 is 0 Å². The fourth-order valence-corrected chi connectivity index (χ4v) is 3.58.